The van der Waals surface area contributed by atoms with Crippen molar-refractivity contribution < 1.29 is 15.0 Å². The van der Waals surface area contributed by atoms with Crippen molar-refractivity contribution in [1.82, 2.24) is 5.32 Å². The van der Waals surface area contributed by atoms with Crippen LogP contribution in [0.2, 0.25) is 0 Å². The van der Waals surface area contributed by atoms with Crippen LogP contribution in [0, 0.1) is 0 Å². The minimum Gasteiger partial charge on any atom is -0.508 e. The third-order valence-corrected chi connectivity index (χ3v) is 4.79. The van der Waals surface area contributed by atoms with Gasteiger partial charge in [-0.15, -0.1) is 11.3 Å². The minimum absolute atomic E-state index is 0.179. The van der Waals surface area contributed by atoms with Crippen LogP contribution in [0.15, 0.2) is 54.6 Å². The molecule has 1 heterocycles. The van der Waals surface area contributed by atoms with Gasteiger partial charge < -0.3 is 10.2 Å². The third kappa shape index (κ3) is 3.88. The van der Waals surface area contributed by atoms with Gasteiger partial charge in [0.25, 0.3) is 0 Å². The van der Waals surface area contributed by atoms with Gasteiger partial charge in [0.15, 0.2) is 0 Å². The molecule has 1 atom stereocenters. The van der Waals surface area contributed by atoms with Gasteiger partial charge in [-0.2, -0.15) is 0 Å². The molecule has 0 spiro atoms. The van der Waals surface area contributed by atoms with E-state index >= 15 is 0 Å². The van der Waals surface area contributed by atoms with Crippen LogP contribution >= 0.6 is 11.3 Å². The van der Waals surface area contributed by atoms with Gasteiger partial charge in [0.2, 0.25) is 0 Å². The number of nitrogens with one attached hydrogen (secondary N) is 1. The number of hydrogen-bond donors (Lipinski definition) is 3. The molecule has 23 heavy (non-hydrogen) atoms. The highest BCUT2D eigenvalue weighted by Gasteiger charge is 2.17. The van der Waals surface area contributed by atoms with E-state index in [9.17, 15) is 15.0 Å². The summed E-state index contributed by atoms with van der Waals surface area (Å²) >= 11 is 1.67. The van der Waals surface area contributed by atoms with Gasteiger partial charge in [-0.1, -0.05) is 30.3 Å². The topological polar surface area (TPSA) is 69.6 Å². The number of phenolic OH excluding ortho intramolecular Hbond substituents is 1. The first kappa shape index (κ1) is 15.5. The smallest absolute Gasteiger partial charge is 0.321 e. The molecule has 0 fully saturated rings. The highest BCUT2D eigenvalue weighted by atomic mass is 32.1. The molecule has 118 valence electrons. The van der Waals surface area contributed by atoms with Crippen LogP contribution in [0.4, 0.5) is 0 Å². The van der Waals surface area contributed by atoms with Crippen molar-refractivity contribution in [2.24, 2.45) is 0 Å². The van der Waals surface area contributed by atoms with Gasteiger partial charge in [0.1, 0.15) is 11.8 Å². The minimum atomic E-state index is -0.876. The number of thiophene rings is 1. The Hall–Kier alpha value is -2.37. The fourth-order valence-electron chi connectivity index (χ4n) is 2.46. The van der Waals surface area contributed by atoms with Gasteiger partial charge >= 0.3 is 5.97 Å². The Morgan fingerprint density at radius 2 is 1.87 bits per heavy atom. The molecule has 0 saturated heterocycles. The lowest BCUT2D eigenvalue weighted by Gasteiger charge is -2.14. The van der Waals surface area contributed by atoms with E-state index in [4.69, 9.17) is 0 Å². The summed E-state index contributed by atoms with van der Waals surface area (Å²) in [5.41, 5.74) is 0.874. The molecule has 4 nitrogen and oxygen atoms in total. The van der Waals surface area contributed by atoms with Crippen LogP contribution in [0.25, 0.3) is 10.1 Å². The number of hydrogen-bond acceptors (Lipinski definition) is 4. The van der Waals surface area contributed by atoms with Crippen molar-refractivity contribution in [2.75, 3.05) is 0 Å². The van der Waals surface area contributed by atoms with E-state index in [1.165, 1.54) is 10.1 Å². The molecule has 1 unspecified atom stereocenters. The fraction of sp³-hybridized carbons (Fsp3) is 0.167. The Labute approximate surface area is 138 Å². The van der Waals surface area contributed by atoms with Crippen molar-refractivity contribution in [1.29, 1.82) is 0 Å². The van der Waals surface area contributed by atoms with Crippen molar-refractivity contribution in [2.45, 2.75) is 19.0 Å². The van der Waals surface area contributed by atoms with Crippen LogP contribution in [-0.4, -0.2) is 22.2 Å². The summed E-state index contributed by atoms with van der Waals surface area (Å²) in [6.07, 6.45) is 0.376. The van der Waals surface area contributed by atoms with E-state index in [1.807, 2.05) is 12.1 Å². The highest BCUT2D eigenvalue weighted by Crippen LogP contribution is 2.25. The molecule has 0 saturated carbocycles. The van der Waals surface area contributed by atoms with E-state index in [-0.39, 0.29) is 5.75 Å². The maximum Gasteiger partial charge on any atom is 0.321 e. The molecule has 3 aromatic rings. The zero-order valence-corrected chi connectivity index (χ0v) is 13.2. The summed E-state index contributed by atoms with van der Waals surface area (Å²) < 4.78 is 1.20. The first-order valence-electron chi connectivity index (χ1n) is 7.33. The predicted octanol–water partition coefficient (Wildman–Crippen LogP) is 3.39. The van der Waals surface area contributed by atoms with Crippen molar-refractivity contribution in [3.05, 3.63) is 65.0 Å². The zero-order valence-electron chi connectivity index (χ0n) is 12.4. The summed E-state index contributed by atoms with van der Waals surface area (Å²) in [6.45, 7) is 0.522. The summed E-state index contributed by atoms with van der Waals surface area (Å²) in [5.74, 6) is -0.696. The summed E-state index contributed by atoms with van der Waals surface area (Å²) in [7, 11) is 0. The number of carbonyl (C=O) groups is 1. The number of benzene rings is 2. The van der Waals surface area contributed by atoms with Crippen LogP contribution in [0.5, 0.6) is 5.75 Å². The quantitative estimate of drug-likeness (QED) is 0.649. The van der Waals surface area contributed by atoms with E-state index in [0.29, 0.717) is 13.0 Å². The number of phenols is 1. The molecule has 1 aromatic heterocycles. The van der Waals surface area contributed by atoms with Crippen molar-refractivity contribution >= 4 is 27.4 Å². The molecule has 0 aliphatic rings. The first-order valence-corrected chi connectivity index (χ1v) is 8.15. The third-order valence-electron chi connectivity index (χ3n) is 3.67. The first-order chi connectivity index (χ1) is 11.1. The molecule has 0 amide bonds. The maximum absolute atomic E-state index is 11.5. The Balaban J connectivity index is 1.67. The van der Waals surface area contributed by atoms with E-state index < -0.39 is 12.0 Å². The van der Waals surface area contributed by atoms with E-state index in [1.54, 1.807) is 35.6 Å². The average molecular weight is 327 g/mol. The second kappa shape index (κ2) is 6.81. The van der Waals surface area contributed by atoms with Crippen LogP contribution in [-0.2, 0) is 17.8 Å². The fourth-order valence-corrected chi connectivity index (χ4v) is 3.48. The molecular weight excluding hydrogens is 310 g/mol. The van der Waals surface area contributed by atoms with Gasteiger partial charge in [-0.3, -0.25) is 10.1 Å². The Bertz CT molecular complexity index is 778. The lowest BCUT2D eigenvalue weighted by atomic mass is 10.1. The zero-order chi connectivity index (χ0) is 16.2. The lowest BCUT2D eigenvalue weighted by Crippen LogP contribution is -2.37. The monoisotopic (exact) mass is 327 g/mol. The second-order valence-corrected chi connectivity index (χ2v) is 6.56. The number of fused-ring (bicyclic) bond motifs is 1. The van der Waals surface area contributed by atoms with Gasteiger partial charge in [-0.25, -0.2) is 0 Å². The van der Waals surface area contributed by atoms with Crippen molar-refractivity contribution in [3.63, 3.8) is 0 Å². The summed E-state index contributed by atoms with van der Waals surface area (Å²) in [6, 6.07) is 16.2. The van der Waals surface area contributed by atoms with E-state index in [2.05, 4.69) is 23.5 Å². The number of aromatic hydroxyl groups is 1. The van der Waals surface area contributed by atoms with Crippen LogP contribution < -0.4 is 5.32 Å². The highest BCUT2D eigenvalue weighted by molar-refractivity contribution is 7.19. The molecule has 0 bridgehead atoms. The Morgan fingerprint density at radius 3 is 2.57 bits per heavy atom. The normalized spacial score (nSPS) is 12.3. The number of carboxylic acid groups (broad SMARTS) is 1. The maximum atomic E-state index is 11.5. The Morgan fingerprint density at radius 1 is 1.13 bits per heavy atom. The predicted molar refractivity (Wildman–Crippen MR) is 91.9 cm³/mol. The molecule has 3 rings (SSSR count). The molecule has 3 N–H and O–H groups in total. The van der Waals surface area contributed by atoms with Crippen LogP contribution in [0.3, 0.4) is 0 Å². The molecule has 0 radical (unpaired) electrons. The molecule has 0 aliphatic carbocycles. The largest absolute Gasteiger partial charge is 0.508 e. The SMILES string of the molecule is O=C(O)C(Cc1ccc(O)cc1)NCc1cc2ccccc2s1. The van der Waals surface area contributed by atoms with Gasteiger partial charge in [0, 0.05) is 16.1 Å². The standard InChI is InChI=1S/C18H17NO3S/c20-14-7-5-12(6-8-14)9-16(18(21)22)19-11-15-10-13-3-1-2-4-17(13)23-15/h1-8,10,16,19-20H,9,11H2,(H,21,22). The lowest BCUT2D eigenvalue weighted by molar-refractivity contribution is -0.139. The average Bonchev–Trinajstić information content (AvgIpc) is 2.95. The molecule has 5 heteroatoms. The Kier molecular flexibility index (Phi) is 4.60. The number of rotatable bonds is 6. The summed E-state index contributed by atoms with van der Waals surface area (Å²) in [4.78, 5) is 12.6. The molecule has 0 aliphatic heterocycles. The second-order valence-electron chi connectivity index (χ2n) is 5.39. The van der Waals surface area contributed by atoms with Gasteiger partial charge in [0.05, 0.1) is 0 Å². The van der Waals surface area contributed by atoms with Gasteiger partial charge in [-0.05, 0) is 41.6 Å². The van der Waals surface area contributed by atoms with Crippen LogP contribution in [0.1, 0.15) is 10.4 Å². The molecular formula is C18H17NO3S. The number of carboxylic acids is 1. The van der Waals surface area contributed by atoms with Crippen molar-refractivity contribution in [3.8, 4) is 5.75 Å². The van der Waals surface area contributed by atoms with E-state index in [0.717, 1.165) is 10.4 Å². The summed E-state index contributed by atoms with van der Waals surface area (Å²) in [5, 5.41) is 23.0. The molecule has 2 aromatic carbocycles. The number of aliphatic carboxylic acids is 1.